The van der Waals surface area contributed by atoms with Gasteiger partial charge in [-0.1, -0.05) is 72.8 Å². The molecule has 0 atom stereocenters. The molecule has 0 unspecified atom stereocenters. The van der Waals surface area contributed by atoms with Gasteiger partial charge in [0.25, 0.3) is 0 Å². The Balaban J connectivity index is 1.93. The Morgan fingerprint density at radius 1 is 0.640 bits per heavy atom. The number of hydrogen-bond acceptors (Lipinski definition) is 2. The first-order chi connectivity index (χ1) is 12.4. The standard InChI is InChI=1S/C22H15N3/c1-3-9-16(10-4-1)20-21(17-11-5-2-6-12-17)25-15-23-19-14-8-7-13-18(19)22(25)24-20/h1-15H. The van der Waals surface area contributed by atoms with Crippen molar-refractivity contribution in [1.29, 1.82) is 0 Å². The largest absolute Gasteiger partial charge is 0.282 e. The highest BCUT2D eigenvalue weighted by Crippen LogP contribution is 2.34. The number of hydrogen-bond donors (Lipinski definition) is 0. The van der Waals surface area contributed by atoms with Crippen molar-refractivity contribution < 1.29 is 0 Å². The average Bonchev–Trinajstić information content (AvgIpc) is 3.09. The Labute approximate surface area is 145 Å². The van der Waals surface area contributed by atoms with Gasteiger partial charge in [-0.25, -0.2) is 9.97 Å². The lowest BCUT2D eigenvalue weighted by atomic mass is 10.1. The third kappa shape index (κ3) is 2.21. The Morgan fingerprint density at radius 2 is 1.28 bits per heavy atom. The second-order valence-corrected chi connectivity index (χ2v) is 6.00. The van der Waals surface area contributed by atoms with Gasteiger partial charge in [0.15, 0.2) is 0 Å². The van der Waals surface area contributed by atoms with Crippen molar-refractivity contribution in [3.05, 3.63) is 91.3 Å². The summed E-state index contributed by atoms with van der Waals surface area (Å²) in [5.41, 5.74) is 6.17. The van der Waals surface area contributed by atoms with Crippen LogP contribution < -0.4 is 0 Å². The molecule has 2 aromatic heterocycles. The van der Waals surface area contributed by atoms with Crippen LogP contribution >= 0.6 is 0 Å². The van der Waals surface area contributed by atoms with Crippen molar-refractivity contribution in [2.75, 3.05) is 0 Å². The van der Waals surface area contributed by atoms with Crippen LogP contribution in [-0.4, -0.2) is 14.4 Å². The molecule has 0 aliphatic rings. The summed E-state index contributed by atoms with van der Waals surface area (Å²) < 4.78 is 2.10. The molecular weight excluding hydrogens is 306 g/mol. The summed E-state index contributed by atoms with van der Waals surface area (Å²) >= 11 is 0. The van der Waals surface area contributed by atoms with E-state index in [0.29, 0.717) is 0 Å². The van der Waals surface area contributed by atoms with Crippen LogP contribution in [0.3, 0.4) is 0 Å². The van der Waals surface area contributed by atoms with Crippen LogP contribution in [0, 0.1) is 0 Å². The average molecular weight is 321 g/mol. The summed E-state index contributed by atoms with van der Waals surface area (Å²) in [4.78, 5) is 9.64. The molecule has 0 bridgehead atoms. The lowest BCUT2D eigenvalue weighted by Gasteiger charge is -2.06. The lowest BCUT2D eigenvalue weighted by molar-refractivity contribution is 1.12. The summed E-state index contributed by atoms with van der Waals surface area (Å²) in [5.74, 6) is 0. The minimum absolute atomic E-state index is 0.934. The molecule has 25 heavy (non-hydrogen) atoms. The van der Waals surface area contributed by atoms with Gasteiger partial charge in [0.05, 0.1) is 16.9 Å². The molecule has 3 nitrogen and oxygen atoms in total. The zero-order chi connectivity index (χ0) is 16.6. The summed E-state index contributed by atoms with van der Waals surface area (Å²) in [7, 11) is 0. The molecule has 0 saturated heterocycles. The summed E-state index contributed by atoms with van der Waals surface area (Å²) in [6.45, 7) is 0. The minimum atomic E-state index is 0.934. The summed E-state index contributed by atoms with van der Waals surface area (Å²) in [6, 6.07) is 28.8. The van der Waals surface area contributed by atoms with Crippen LogP contribution in [0.4, 0.5) is 0 Å². The minimum Gasteiger partial charge on any atom is -0.282 e. The molecule has 0 aliphatic carbocycles. The lowest BCUT2D eigenvalue weighted by Crippen LogP contribution is -1.92. The van der Waals surface area contributed by atoms with Gasteiger partial charge >= 0.3 is 0 Å². The fourth-order valence-corrected chi connectivity index (χ4v) is 3.30. The van der Waals surface area contributed by atoms with E-state index in [4.69, 9.17) is 4.98 Å². The molecule has 0 fully saturated rings. The first-order valence-corrected chi connectivity index (χ1v) is 8.28. The molecule has 0 aliphatic heterocycles. The second kappa shape index (κ2) is 5.56. The fraction of sp³-hybridized carbons (Fsp3) is 0. The monoisotopic (exact) mass is 321 g/mol. The first kappa shape index (κ1) is 13.9. The highest BCUT2D eigenvalue weighted by Gasteiger charge is 2.17. The topological polar surface area (TPSA) is 30.2 Å². The van der Waals surface area contributed by atoms with Crippen molar-refractivity contribution in [1.82, 2.24) is 14.4 Å². The molecule has 0 spiro atoms. The van der Waals surface area contributed by atoms with Crippen LogP contribution in [0.15, 0.2) is 91.3 Å². The van der Waals surface area contributed by atoms with Crippen molar-refractivity contribution in [3.63, 3.8) is 0 Å². The van der Waals surface area contributed by atoms with Crippen LogP contribution in [0.1, 0.15) is 0 Å². The fourth-order valence-electron chi connectivity index (χ4n) is 3.30. The smallest absolute Gasteiger partial charge is 0.148 e. The normalized spacial score (nSPS) is 11.2. The van der Waals surface area contributed by atoms with Crippen LogP contribution in [0.2, 0.25) is 0 Å². The van der Waals surface area contributed by atoms with Crippen molar-refractivity contribution >= 4 is 16.6 Å². The van der Waals surface area contributed by atoms with Crippen molar-refractivity contribution in [3.8, 4) is 22.5 Å². The highest BCUT2D eigenvalue weighted by molar-refractivity contribution is 5.95. The Kier molecular flexibility index (Phi) is 3.10. The van der Waals surface area contributed by atoms with Crippen LogP contribution in [-0.2, 0) is 0 Å². The molecule has 118 valence electrons. The van der Waals surface area contributed by atoms with Gasteiger partial charge < -0.3 is 0 Å². The zero-order valence-electron chi connectivity index (χ0n) is 13.5. The van der Waals surface area contributed by atoms with Gasteiger partial charge in [-0.15, -0.1) is 0 Å². The molecule has 3 aromatic carbocycles. The van der Waals surface area contributed by atoms with E-state index in [-0.39, 0.29) is 0 Å². The number of rotatable bonds is 2. The van der Waals surface area contributed by atoms with E-state index in [9.17, 15) is 0 Å². The Bertz CT molecular complexity index is 1180. The Hall–Kier alpha value is -3.46. The van der Waals surface area contributed by atoms with E-state index in [1.54, 1.807) is 0 Å². The predicted octanol–water partition coefficient (Wildman–Crippen LogP) is 5.22. The maximum atomic E-state index is 5.01. The van der Waals surface area contributed by atoms with E-state index in [2.05, 4.69) is 51.8 Å². The van der Waals surface area contributed by atoms with E-state index in [1.807, 2.05) is 48.8 Å². The maximum absolute atomic E-state index is 5.01. The number of para-hydroxylation sites is 1. The third-order valence-electron chi connectivity index (χ3n) is 4.46. The van der Waals surface area contributed by atoms with E-state index in [0.717, 1.165) is 39.1 Å². The molecule has 0 N–H and O–H groups in total. The molecule has 0 amide bonds. The van der Waals surface area contributed by atoms with Gasteiger partial charge in [0.1, 0.15) is 12.0 Å². The molecule has 0 radical (unpaired) electrons. The summed E-state index contributed by atoms with van der Waals surface area (Å²) in [6.07, 6.45) is 1.87. The molecule has 5 aromatic rings. The van der Waals surface area contributed by atoms with Gasteiger partial charge in [-0.3, -0.25) is 4.40 Å². The predicted molar refractivity (Wildman–Crippen MR) is 101 cm³/mol. The quantitative estimate of drug-likeness (QED) is 0.446. The van der Waals surface area contributed by atoms with Crippen LogP contribution in [0.25, 0.3) is 39.1 Å². The van der Waals surface area contributed by atoms with Crippen molar-refractivity contribution in [2.24, 2.45) is 0 Å². The highest BCUT2D eigenvalue weighted by atomic mass is 15.1. The molecular formula is C22H15N3. The Morgan fingerprint density at radius 3 is 2.04 bits per heavy atom. The van der Waals surface area contributed by atoms with Crippen molar-refractivity contribution in [2.45, 2.75) is 0 Å². The maximum Gasteiger partial charge on any atom is 0.148 e. The SMILES string of the molecule is c1ccc(-c2nc3c4ccccc4ncn3c2-c2ccccc2)cc1. The zero-order valence-corrected chi connectivity index (χ0v) is 13.5. The van der Waals surface area contributed by atoms with E-state index in [1.165, 1.54) is 0 Å². The molecule has 5 rings (SSSR count). The van der Waals surface area contributed by atoms with Gasteiger partial charge in [0, 0.05) is 16.5 Å². The summed E-state index contributed by atoms with van der Waals surface area (Å²) in [5, 5.41) is 1.06. The van der Waals surface area contributed by atoms with Crippen LogP contribution in [0.5, 0.6) is 0 Å². The van der Waals surface area contributed by atoms with Gasteiger partial charge in [0.2, 0.25) is 0 Å². The third-order valence-corrected chi connectivity index (χ3v) is 4.46. The van der Waals surface area contributed by atoms with E-state index >= 15 is 0 Å². The number of nitrogens with zero attached hydrogens (tertiary/aromatic N) is 3. The van der Waals surface area contributed by atoms with Gasteiger partial charge in [-0.05, 0) is 12.1 Å². The second-order valence-electron chi connectivity index (χ2n) is 6.00. The number of fused-ring (bicyclic) bond motifs is 3. The number of imidazole rings is 1. The van der Waals surface area contributed by atoms with E-state index < -0.39 is 0 Å². The molecule has 3 heteroatoms. The number of benzene rings is 3. The molecule has 0 saturated carbocycles. The molecule has 2 heterocycles. The number of aromatic nitrogens is 3. The van der Waals surface area contributed by atoms with Gasteiger partial charge in [-0.2, -0.15) is 0 Å². The first-order valence-electron chi connectivity index (χ1n) is 8.28.